The number of fused-ring (bicyclic) bond motifs is 1. The average Bonchev–Trinajstić information content (AvgIpc) is 3.11. The molecular weight excluding hydrogens is 472 g/mol. The molecular formula is C24H23BrN4O3. The lowest BCUT2D eigenvalue weighted by Gasteiger charge is -2.12. The van der Waals surface area contributed by atoms with Crippen molar-refractivity contribution in [2.45, 2.75) is 20.4 Å². The standard InChI is InChI=1S/C24H23BrN4O3/c1-3-32-21-14-16(7-8-17(21)24(30)31)23-27-10-9-22(28-23)26-11-12-29-15(2)13-18-19(25)5-4-6-20(18)29/h4-10,13-14H,3,11-12H2,1-2H3,(H,30,31)(H,26,27,28). The molecule has 4 aromatic rings. The number of nitrogens with zero attached hydrogens (tertiary/aromatic N) is 3. The average molecular weight is 495 g/mol. The number of benzene rings is 2. The Balaban J connectivity index is 1.51. The summed E-state index contributed by atoms with van der Waals surface area (Å²) < 4.78 is 8.85. The molecule has 4 rings (SSSR count). The van der Waals surface area contributed by atoms with Crippen LogP contribution in [0.2, 0.25) is 0 Å². The van der Waals surface area contributed by atoms with Crippen LogP contribution in [0.1, 0.15) is 23.0 Å². The highest BCUT2D eigenvalue weighted by atomic mass is 79.9. The minimum atomic E-state index is -1.03. The zero-order chi connectivity index (χ0) is 22.7. The molecule has 0 atom stereocenters. The maximum absolute atomic E-state index is 11.4. The van der Waals surface area contributed by atoms with Crippen molar-refractivity contribution in [2.24, 2.45) is 0 Å². The van der Waals surface area contributed by atoms with Crippen LogP contribution < -0.4 is 10.1 Å². The number of aromatic carboxylic acids is 1. The van der Waals surface area contributed by atoms with Gasteiger partial charge in [0.25, 0.3) is 0 Å². The highest BCUT2D eigenvalue weighted by molar-refractivity contribution is 9.10. The summed E-state index contributed by atoms with van der Waals surface area (Å²) in [6, 6.07) is 15.1. The maximum Gasteiger partial charge on any atom is 0.339 e. The Morgan fingerprint density at radius 3 is 2.84 bits per heavy atom. The molecule has 0 saturated carbocycles. The van der Waals surface area contributed by atoms with Crippen LogP contribution in [-0.2, 0) is 6.54 Å². The number of aromatic nitrogens is 3. The zero-order valence-corrected chi connectivity index (χ0v) is 19.4. The number of ether oxygens (including phenoxy) is 1. The Morgan fingerprint density at radius 2 is 2.06 bits per heavy atom. The van der Waals surface area contributed by atoms with E-state index >= 15 is 0 Å². The normalized spacial score (nSPS) is 11.0. The minimum absolute atomic E-state index is 0.117. The molecule has 0 aliphatic heterocycles. The summed E-state index contributed by atoms with van der Waals surface area (Å²) in [5.74, 6) is 0.474. The molecule has 164 valence electrons. The summed E-state index contributed by atoms with van der Waals surface area (Å²) in [5.41, 5.74) is 3.19. The van der Waals surface area contributed by atoms with Crippen LogP contribution in [0, 0.1) is 6.92 Å². The first-order chi connectivity index (χ1) is 15.5. The smallest absolute Gasteiger partial charge is 0.339 e. The zero-order valence-electron chi connectivity index (χ0n) is 17.8. The molecule has 0 aliphatic carbocycles. The van der Waals surface area contributed by atoms with Gasteiger partial charge in [-0.15, -0.1) is 0 Å². The number of carboxylic acids is 1. The third kappa shape index (κ3) is 4.45. The molecule has 0 saturated heterocycles. The van der Waals surface area contributed by atoms with E-state index in [9.17, 15) is 9.90 Å². The minimum Gasteiger partial charge on any atom is -0.493 e. The Kier molecular flexibility index (Phi) is 6.41. The van der Waals surface area contributed by atoms with Gasteiger partial charge in [-0.3, -0.25) is 0 Å². The predicted octanol–water partition coefficient (Wildman–Crippen LogP) is 5.38. The molecule has 2 N–H and O–H groups in total. The second-order valence-electron chi connectivity index (χ2n) is 7.25. The van der Waals surface area contributed by atoms with Gasteiger partial charge in [0.15, 0.2) is 5.82 Å². The lowest BCUT2D eigenvalue weighted by molar-refractivity contribution is 0.0692. The Labute approximate surface area is 194 Å². The fourth-order valence-corrected chi connectivity index (χ4v) is 4.15. The fourth-order valence-electron chi connectivity index (χ4n) is 3.68. The van der Waals surface area contributed by atoms with Crippen LogP contribution >= 0.6 is 15.9 Å². The van der Waals surface area contributed by atoms with Crippen LogP contribution in [0.4, 0.5) is 5.82 Å². The number of rotatable bonds is 8. The van der Waals surface area contributed by atoms with Gasteiger partial charge in [0.05, 0.1) is 6.61 Å². The van der Waals surface area contributed by atoms with Crippen molar-refractivity contribution in [3.63, 3.8) is 0 Å². The van der Waals surface area contributed by atoms with Crippen molar-refractivity contribution in [1.29, 1.82) is 0 Å². The largest absolute Gasteiger partial charge is 0.493 e. The summed E-state index contributed by atoms with van der Waals surface area (Å²) in [6.07, 6.45) is 1.68. The molecule has 8 heteroatoms. The SMILES string of the molecule is CCOc1cc(-c2nccc(NCCn3c(C)cc4c(Br)cccc43)n2)ccc1C(=O)O. The van der Waals surface area contributed by atoms with Gasteiger partial charge in [-0.05, 0) is 50.2 Å². The van der Waals surface area contributed by atoms with Crippen LogP contribution in [0.3, 0.4) is 0 Å². The fraction of sp³-hybridized carbons (Fsp3) is 0.208. The quantitative estimate of drug-likeness (QED) is 0.341. The second-order valence-corrected chi connectivity index (χ2v) is 8.11. The van der Waals surface area contributed by atoms with E-state index in [1.54, 1.807) is 18.3 Å². The van der Waals surface area contributed by atoms with Gasteiger partial charge < -0.3 is 19.7 Å². The topological polar surface area (TPSA) is 89.3 Å². The van der Waals surface area contributed by atoms with E-state index in [0.29, 0.717) is 36.1 Å². The van der Waals surface area contributed by atoms with Crippen LogP contribution in [0.25, 0.3) is 22.3 Å². The van der Waals surface area contributed by atoms with Gasteiger partial charge >= 0.3 is 5.97 Å². The number of aryl methyl sites for hydroxylation is 1. The van der Waals surface area contributed by atoms with E-state index in [1.165, 1.54) is 22.7 Å². The van der Waals surface area contributed by atoms with Gasteiger partial charge in [-0.25, -0.2) is 14.8 Å². The van der Waals surface area contributed by atoms with Gasteiger partial charge in [0.2, 0.25) is 0 Å². The monoisotopic (exact) mass is 494 g/mol. The molecule has 2 aromatic carbocycles. The third-order valence-electron chi connectivity index (χ3n) is 5.17. The number of carboxylic acid groups (broad SMARTS) is 1. The molecule has 0 aliphatic rings. The maximum atomic E-state index is 11.4. The highest BCUT2D eigenvalue weighted by Gasteiger charge is 2.14. The molecule has 2 aromatic heterocycles. The molecule has 7 nitrogen and oxygen atoms in total. The number of anilines is 1. The highest BCUT2D eigenvalue weighted by Crippen LogP contribution is 2.28. The van der Waals surface area contributed by atoms with Crippen molar-refractivity contribution >= 4 is 38.6 Å². The number of halogens is 1. The number of hydrogen-bond acceptors (Lipinski definition) is 5. The van der Waals surface area contributed by atoms with Gasteiger partial charge in [-0.1, -0.05) is 28.1 Å². The molecule has 0 spiro atoms. The first-order valence-corrected chi connectivity index (χ1v) is 11.1. The number of hydrogen-bond donors (Lipinski definition) is 2. The molecule has 0 amide bonds. The van der Waals surface area contributed by atoms with E-state index in [1.807, 2.05) is 25.1 Å². The van der Waals surface area contributed by atoms with E-state index in [0.717, 1.165) is 11.0 Å². The van der Waals surface area contributed by atoms with Crippen LogP contribution in [0.15, 0.2) is 59.2 Å². The summed E-state index contributed by atoms with van der Waals surface area (Å²) >= 11 is 3.62. The summed E-state index contributed by atoms with van der Waals surface area (Å²) in [4.78, 5) is 20.4. The molecule has 0 radical (unpaired) electrons. The lowest BCUT2D eigenvalue weighted by Crippen LogP contribution is -2.12. The Morgan fingerprint density at radius 1 is 1.22 bits per heavy atom. The van der Waals surface area contributed by atoms with Gasteiger partial charge in [0, 0.05) is 45.9 Å². The van der Waals surface area contributed by atoms with Crippen LogP contribution in [0.5, 0.6) is 5.75 Å². The second kappa shape index (κ2) is 9.40. The van der Waals surface area contributed by atoms with Gasteiger partial charge in [0.1, 0.15) is 17.1 Å². The van der Waals surface area contributed by atoms with Crippen molar-refractivity contribution < 1.29 is 14.6 Å². The van der Waals surface area contributed by atoms with E-state index < -0.39 is 5.97 Å². The molecule has 32 heavy (non-hydrogen) atoms. The molecule has 2 heterocycles. The Hall–Kier alpha value is -3.39. The van der Waals surface area contributed by atoms with E-state index in [2.05, 4.69) is 54.8 Å². The predicted molar refractivity (Wildman–Crippen MR) is 128 cm³/mol. The molecule has 0 bridgehead atoms. The summed E-state index contributed by atoms with van der Waals surface area (Å²) in [5, 5.41) is 13.9. The van der Waals surface area contributed by atoms with Gasteiger partial charge in [-0.2, -0.15) is 0 Å². The lowest BCUT2D eigenvalue weighted by atomic mass is 10.1. The van der Waals surface area contributed by atoms with Crippen molar-refractivity contribution in [3.8, 4) is 17.1 Å². The van der Waals surface area contributed by atoms with E-state index in [4.69, 9.17) is 4.74 Å². The third-order valence-corrected chi connectivity index (χ3v) is 5.86. The van der Waals surface area contributed by atoms with E-state index in [-0.39, 0.29) is 5.56 Å². The van der Waals surface area contributed by atoms with Crippen LogP contribution in [-0.4, -0.2) is 38.8 Å². The Bertz CT molecular complexity index is 1290. The van der Waals surface area contributed by atoms with Crippen molar-refractivity contribution in [2.75, 3.05) is 18.5 Å². The molecule has 0 fully saturated rings. The first-order valence-electron chi connectivity index (χ1n) is 10.3. The number of nitrogens with one attached hydrogen (secondary N) is 1. The first kappa shape index (κ1) is 21.8. The summed E-state index contributed by atoms with van der Waals surface area (Å²) in [6.45, 7) is 5.76. The van der Waals surface area contributed by atoms with Crippen molar-refractivity contribution in [1.82, 2.24) is 14.5 Å². The summed E-state index contributed by atoms with van der Waals surface area (Å²) in [7, 11) is 0. The van der Waals surface area contributed by atoms with Crippen molar-refractivity contribution in [3.05, 3.63) is 70.5 Å². The molecule has 0 unspecified atom stereocenters. The number of carbonyl (C=O) groups is 1.